The minimum atomic E-state index is -2.19. The number of pyridine rings is 1. The van der Waals surface area contributed by atoms with Gasteiger partial charge in [0.25, 0.3) is 8.32 Å². The number of aliphatic hydroxyl groups is 1. The molecule has 3 heterocycles. The maximum absolute atomic E-state index is 11.0. The van der Waals surface area contributed by atoms with Crippen molar-refractivity contribution in [2.24, 2.45) is 0 Å². The summed E-state index contributed by atoms with van der Waals surface area (Å²) in [6.07, 6.45) is 5.74. The lowest BCUT2D eigenvalue weighted by atomic mass is 9.77. The van der Waals surface area contributed by atoms with Crippen molar-refractivity contribution in [1.29, 1.82) is 0 Å². The van der Waals surface area contributed by atoms with Crippen LogP contribution in [0, 0.1) is 0 Å². The van der Waals surface area contributed by atoms with Crippen LogP contribution in [0.2, 0.25) is 16.6 Å². The molecule has 7 aromatic carbocycles. The Hall–Kier alpha value is -8.18. The fourth-order valence-corrected chi connectivity index (χ4v) is 17.0. The number of nitrogens with zero attached hydrogens (tertiary/aromatic N) is 6. The van der Waals surface area contributed by atoms with E-state index in [1.165, 1.54) is 0 Å². The molecule has 0 aliphatic heterocycles. The second-order valence-electron chi connectivity index (χ2n) is 20.3. The van der Waals surface area contributed by atoms with Crippen molar-refractivity contribution in [1.82, 2.24) is 29.8 Å². The zero-order valence-electron chi connectivity index (χ0n) is 43.6. The molecule has 9 nitrogen and oxygen atoms in total. The zero-order valence-corrected chi connectivity index (χ0v) is 44.6. The predicted octanol–water partition coefficient (Wildman–Crippen LogP) is 14.3. The molecule has 0 bridgehead atoms. The molecule has 0 aliphatic rings. The average molecular weight is 1000 g/mol. The van der Waals surface area contributed by atoms with Crippen LogP contribution in [-0.2, 0) is 17.6 Å². The van der Waals surface area contributed by atoms with Gasteiger partial charge in [0.15, 0.2) is 5.65 Å². The van der Waals surface area contributed by atoms with Crippen molar-refractivity contribution in [3.05, 3.63) is 281 Å². The summed E-state index contributed by atoms with van der Waals surface area (Å²) in [5.74, 6) is 1.47. The first-order valence-corrected chi connectivity index (χ1v) is 28.2. The highest BCUT2D eigenvalue weighted by Crippen LogP contribution is 2.46. The molecule has 0 radical (unpaired) electrons. The van der Waals surface area contributed by atoms with Gasteiger partial charge in [0.05, 0.1) is 19.3 Å². The Morgan fingerprint density at radius 2 is 1.07 bits per heavy atom. The number of aromatic nitrogens is 6. The fourth-order valence-electron chi connectivity index (χ4n) is 11.8. The van der Waals surface area contributed by atoms with E-state index in [1.54, 1.807) is 0 Å². The van der Waals surface area contributed by atoms with Gasteiger partial charge in [-0.15, -0.1) is 5.10 Å². The molecule has 75 heavy (non-hydrogen) atoms. The number of rotatable bonds is 19. The van der Waals surface area contributed by atoms with Gasteiger partial charge in [-0.3, -0.25) is 4.68 Å². The van der Waals surface area contributed by atoms with Gasteiger partial charge < -0.3 is 14.8 Å². The Kier molecular flexibility index (Phi) is 14.6. The second kappa shape index (κ2) is 21.7. The van der Waals surface area contributed by atoms with Crippen LogP contribution in [0.15, 0.2) is 231 Å². The van der Waals surface area contributed by atoms with Gasteiger partial charge in [-0.25, -0.2) is 9.67 Å². The van der Waals surface area contributed by atoms with Crippen LogP contribution >= 0.6 is 0 Å². The van der Waals surface area contributed by atoms with E-state index >= 15 is 0 Å². The zero-order chi connectivity index (χ0) is 52.0. The lowest BCUT2D eigenvalue weighted by Crippen LogP contribution is -2.50. The molecule has 0 unspecified atom stereocenters. The molecule has 0 saturated carbocycles. The smallest absolute Gasteiger partial charge is 0.258 e. The van der Waals surface area contributed by atoms with Crippen molar-refractivity contribution in [3.8, 4) is 5.75 Å². The number of benzene rings is 7. The van der Waals surface area contributed by atoms with Crippen molar-refractivity contribution in [2.45, 2.75) is 75.8 Å². The largest absolute Gasteiger partial charge is 0.543 e. The van der Waals surface area contributed by atoms with Crippen molar-refractivity contribution >= 4 is 30.9 Å². The normalized spacial score (nSPS) is 12.5. The number of hydrogen-bond donors (Lipinski definition) is 2. The summed E-state index contributed by atoms with van der Waals surface area (Å²) in [6.45, 7) is 14.2. The topological polar surface area (TPSA) is 103 Å². The fraction of sp³-hybridized carbons (Fsp3) is 0.200. The van der Waals surface area contributed by atoms with Gasteiger partial charge in [0.2, 0.25) is 0 Å². The first kappa shape index (κ1) is 50.4. The van der Waals surface area contributed by atoms with Gasteiger partial charge in [0, 0.05) is 17.3 Å². The molecule has 2 N–H and O–H groups in total. The maximum atomic E-state index is 11.0. The van der Waals surface area contributed by atoms with Crippen molar-refractivity contribution in [3.63, 3.8) is 0 Å². The molecular formula is C65H65N7O2Si. The molecule has 0 aliphatic carbocycles. The lowest BCUT2D eigenvalue weighted by Gasteiger charge is -2.42. The van der Waals surface area contributed by atoms with Gasteiger partial charge in [-0.2, -0.15) is 5.10 Å². The third-order valence-corrected chi connectivity index (χ3v) is 21.0. The quantitative estimate of drug-likeness (QED) is 0.0614. The van der Waals surface area contributed by atoms with Crippen LogP contribution < -0.4 is 9.74 Å². The summed E-state index contributed by atoms with van der Waals surface area (Å²) in [6, 6.07) is 73.4. The predicted molar refractivity (Wildman–Crippen MR) is 306 cm³/mol. The molecule has 0 spiro atoms. The van der Waals surface area contributed by atoms with Crippen molar-refractivity contribution in [2.75, 3.05) is 11.9 Å². The van der Waals surface area contributed by atoms with E-state index < -0.39 is 19.4 Å². The molecule has 3 aromatic heterocycles. The van der Waals surface area contributed by atoms with E-state index in [0.29, 0.717) is 40.2 Å². The summed E-state index contributed by atoms with van der Waals surface area (Å²) in [7, 11) is -2.19. The number of hydrogen-bond acceptors (Lipinski definition) is 7. The van der Waals surface area contributed by atoms with E-state index in [-0.39, 0.29) is 6.61 Å². The summed E-state index contributed by atoms with van der Waals surface area (Å²) in [4.78, 5) is 5.67. The van der Waals surface area contributed by atoms with Crippen LogP contribution in [0.4, 0.5) is 5.82 Å². The summed E-state index contributed by atoms with van der Waals surface area (Å²) < 4.78 is 11.1. The van der Waals surface area contributed by atoms with Crippen LogP contribution in [0.5, 0.6) is 5.75 Å². The first-order valence-electron chi connectivity index (χ1n) is 26.1. The molecule has 0 saturated heterocycles. The molecule has 10 rings (SSSR count). The lowest BCUT2D eigenvalue weighted by molar-refractivity contribution is 0.343. The standard InChI is InChI=1S/C65H65N7O2Si/c1-47(2)75(48(3)4,49(5)6)74-58-39-25-26-50(42-58)45-71-46-51(44-66-71)59(40-41-73)60-43-61(68-64(52-27-13-7-14-28-52,53-29-15-8-16-30-53)54-31-17-9-18-32-54)67-63-62(60)69-70-72(63)65(55-33-19-10-20-34-55,56-35-21-11-22-36-56)57-37-23-12-24-38-57/h7-40,42-44,46-49,73H,41,45H2,1-6H3,(H,67,68)/b59-40+. The minimum Gasteiger partial charge on any atom is -0.543 e. The summed E-state index contributed by atoms with van der Waals surface area (Å²) in [5, 5.41) is 30.4. The second-order valence-corrected chi connectivity index (χ2v) is 25.7. The SMILES string of the molecule is CC(C)[Si](Oc1cccc(Cn2cc(/C(=C\CO)c3cc(NC(c4ccccc4)(c4ccccc4)c4ccccc4)nc4c3nnn4C(c3ccccc3)(c3ccccc3)c3ccccc3)cn2)c1)(C(C)C)C(C)C. The van der Waals surface area contributed by atoms with Gasteiger partial charge in [0.1, 0.15) is 28.2 Å². The van der Waals surface area contributed by atoms with Gasteiger partial charge >= 0.3 is 0 Å². The molecular weight excluding hydrogens is 939 g/mol. The van der Waals surface area contributed by atoms with Gasteiger partial charge in [-0.05, 0) is 79.3 Å². The van der Waals surface area contributed by atoms with Gasteiger partial charge in [-0.1, -0.05) is 247 Å². The summed E-state index contributed by atoms with van der Waals surface area (Å²) in [5.41, 5.74) is 9.82. The average Bonchev–Trinajstić information content (AvgIpc) is 4.11. The Labute approximate surface area is 442 Å². The number of fused-ring (bicyclic) bond motifs is 1. The van der Waals surface area contributed by atoms with E-state index in [1.807, 2.05) is 70.3 Å². The highest BCUT2D eigenvalue weighted by Gasteiger charge is 2.47. The monoisotopic (exact) mass is 1000 g/mol. The number of nitrogens with one attached hydrogen (secondary N) is 1. The van der Waals surface area contributed by atoms with E-state index in [2.05, 4.69) is 217 Å². The highest BCUT2D eigenvalue weighted by molar-refractivity contribution is 6.78. The third kappa shape index (κ3) is 9.41. The van der Waals surface area contributed by atoms with Crippen LogP contribution in [0.1, 0.15) is 91.6 Å². The summed E-state index contributed by atoms with van der Waals surface area (Å²) >= 11 is 0. The molecule has 376 valence electrons. The third-order valence-electron chi connectivity index (χ3n) is 15.0. The van der Waals surface area contributed by atoms with Crippen LogP contribution in [-0.4, -0.2) is 49.8 Å². The molecule has 0 fully saturated rings. The molecule has 10 aromatic rings. The van der Waals surface area contributed by atoms with Crippen molar-refractivity contribution < 1.29 is 9.53 Å². The Morgan fingerprint density at radius 3 is 1.52 bits per heavy atom. The Bertz CT molecular complexity index is 3280. The Balaban J connectivity index is 1.19. The maximum Gasteiger partial charge on any atom is 0.258 e. The van der Waals surface area contributed by atoms with E-state index in [4.69, 9.17) is 24.8 Å². The molecule has 0 amide bonds. The number of anilines is 1. The molecule has 0 atom stereocenters. The van der Waals surface area contributed by atoms with Crippen LogP contribution in [0.3, 0.4) is 0 Å². The Morgan fingerprint density at radius 1 is 0.600 bits per heavy atom. The highest BCUT2D eigenvalue weighted by atomic mass is 28.4. The molecule has 10 heteroatoms. The first-order chi connectivity index (χ1) is 36.6. The number of aliphatic hydroxyl groups excluding tert-OH is 1. The van der Waals surface area contributed by atoms with Crippen LogP contribution in [0.25, 0.3) is 16.7 Å². The minimum absolute atomic E-state index is 0.238. The van der Waals surface area contributed by atoms with E-state index in [0.717, 1.165) is 61.4 Å². The van der Waals surface area contributed by atoms with E-state index in [9.17, 15) is 5.11 Å².